The Labute approximate surface area is 112 Å². The van der Waals surface area contributed by atoms with Crippen LogP contribution in [0.5, 0.6) is 0 Å². The minimum absolute atomic E-state index is 0.0152. The molecule has 0 aliphatic rings. The topological polar surface area (TPSA) is 66.4 Å². The molecule has 2 aromatic rings. The van der Waals surface area contributed by atoms with Gasteiger partial charge >= 0.3 is 5.97 Å². The van der Waals surface area contributed by atoms with E-state index in [1.807, 2.05) is 0 Å². The maximum absolute atomic E-state index is 13.8. The molecule has 2 rings (SSSR count). The molecular formula is C13H10FNO3S. The molecule has 1 aromatic carbocycles. The number of carbonyl (C=O) groups excluding carboxylic acids is 1. The molecule has 0 aliphatic heterocycles. The third-order valence-corrected chi connectivity index (χ3v) is 3.45. The molecular weight excluding hydrogens is 269 g/mol. The average Bonchev–Trinajstić information content (AvgIpc) is 2.80. The molecule has 6 heteroatoms. The van der Waals surface area contributed by atoms with Gasteiger partial charge in [0.25, 0.3) is 5.91 Å². The second-order valence-corrected chi connectivity index (χ2v) is 4.78. The zero-order valence-electron chi connectivity index (χ0n) is 9.94. The van der Waals surface area contributed by atoms with Gasteiger partial charge in [-0.1, -0.05) is 12.1 Å². The van der Waals surface area contributed by atoms with Gasteiger partial charge in [-0.3, -0.25) is 4.79 Å². The van der Waals surface area contributed by atoms with Crippen LogP contribution in [0.15, 0.2) is 29.6 Å². The summed E-state index contributed by atoms with van der Waals surface area (Å²) < 4.78 is 13.8. The van der Waals surface area contributed by atoms with Gasteiger partial charge in [0.2, 0.25) is 0 Å². The smallest absolute Gasteiger partial charge is 0.348 e. The lowest BCUT2D eigenvalue weighted by Gasteiger charge is -2.06. The molecule has 1 heterocycles. The van der Waals surface area contributed by atoms with Crippen molar-refractivity contribution in [2.24, 2.45) is 0 Å². The first-order valence-corrected chi connectivity index (χ1v) is 6.26. The van der Waals surface area contributed by atoms with Gasteiger partial charge in [-0.05, 0) is 30.0 Å². The van der Waals surface area contributed by atoms with Crippen molar-refractivity contribution in [3.05, 3.63) is 51.5 Å². The molecule has 0 atom stereocenters. The fraction of sp³-hybridized carbons (Fsp3) is 0.0769. The molecule has 1 aromatic heterocycles. The summed E-state index contributed by atoms with van der Waals surface area (Å²) in [6.45, 7) is 1.55. The number of rotatable bonds is 3. The number of carboxylic acid groups (broad SMARTS) is 1. The van der Waals surface area contributed by atoms with E-state index in [4.69, 9.17) is 5.11 Å². The van der Waals surface area contributed by atoms with E-state index >= 15 is 0 Å². The lowest BCUT2D eigenvalue weighted by molar-refractivity contribution is 0.0703. The second-order valence-electron chi connectivity index (χ2n) is 3.86. The zero-order valence-corrected chi connectivity index (χ0v) is 10.8. The molecule has 0 radical (unpaired) electrons. The Kier molecular flexibility index (Phi) is 3.62. The number of benzene rings is 1. The van der Waals surface area contributed by atoms with Gasteiger partial charge in [0.15, 0.2) is 0 Å². The third-order valence-electron chi connectivity index (χ3n) is 2.54. The lowest BCUT2D eigenvalue weighted by Crippen LogP contribution is -2.15. The van der Waals surface area contributed by atoms with Crippen LogP contribution in [-0.2, 0) is 0 Å². The molecule has 0 bridgehead atoms. The molecule has 0 fully saturated rings. The molecule has 0 spiro atoms. The van der Waals surface area contributed by atoms with Crippen LogP contribution in [0.3, 0.4) is 0 Å². The molecule has 0 saturated heterocycles. The van der Waals surface area contributed by atoms with Crippen LogP contribution < -0.4 is 5.32 Å². The zero-order chi connectivity index (χ0) is 14.0. The van der Waals surface area contributed by atoms with E-state index in [-0.39, 0.29) is 16.1 Å². The van der Waals surface area contributed by atoms with E-state index in [1.165, 1.54) is 12.1 Å². The van der Waals surface area contributed by atoms with Crippen molar-refractivity contribution >= 4 is 28.9 Å². The Balaban J connectivity index is 2.29. The molecule has 1 amide bonds. The van der Waals surface area contributed by atoms with E-state index in [1.54, 1.807) is 24.4 Å². The standard InChI is InChI=1S/C13H10FNO3S/c1-7-3-2-4-8(10(7)14)12(16)15-9-5-6-19-11(9)13(17)18/h2-6H,1H3,(H,15,16)(H,17,18). The maximum atomic E-state index is 13.8. The van der Waals surface area contributed by atoms with E-state index in [0.717, 1.165) is 11.3 Å². The number of amides is 1. The van der Waals surface area contributed by atoms with Gasteiger partial charge in [0, 0.05) is 0 Å². The van der Waals surface area contributed by atoms with Crippen molar-refractivity contribution in [3.63, 3.8) is 0 Å². The number of aromatic carboxylic acids is 1. The van der Waals surface area contributed by atoms with Gasteiger partial charge < -0.3 is 10.4 Å². The SMILES string of the molecule is Cc1cccc(C(=O)Nc2ccsc2C(=O)O)c1F. The number of anilines is 1. The number of hydrogen-bond donors (Lipinski definition) is 2. The van der Waals surface area contributed by atoms with E-state index in [9.17, 15) is 14.0 Å². The largest absolute Gasteiger partial charge is 0.477 e. The molecule has 0 unspecified atom stereocenters. The number of thiophene rings is 1. The summed E-state index contributed by atoms with van der Waals surface area (Å²) in [5.41, 5.74) is 0.419. The first kappa shape index (κ1) is 13.2. The Morgan fingerprint density at radius 3 is 2.74 bits per heavy atom. The number of halogens is 1. The minimum Gasteiger partial charge on any atom is -0.477 e. The lowest BCUT2D eigenvalue weighted by atomic mass is 10.1. The van der Waals surface area contributed by atoms with Crippen LogP contribution in [0.4, 0.5) is 10.1 Å². The predicted octanol–water partition coefficient (Wildman–Crippen LogP) is 3.15. The van der Waals surface area contributed by atoms with Crippen LogP contribution in [0.2, 0.25) is 0 Å². The first-order chi connectivity index (χ1) is 9.00. The fourth-order valence-corrected chi connectivity index (χ4v) is 2.27. The highest BCUT2D eigenvalue weighted by Crippen LogP contribution is 2.23. The van der Waals surface area contributed by atoms with Crippen LogP contribution >= 0.6 is 11.3 Å². The Hall–Kier alpha value is -2.21. The van der Waals surface area contributed by atoms with Crippen molar-refractivity contribution in [3.8, 4) is 0 Å². The summed E-state index contributed by atoms with van der Waals surface area (Å²) in [6, 6.07) is 5.95. The molecule has 98 valence electrons. The minimum atomic E-state index is -1.13. The second kappa shape index (κ2) is 5.19. The summed E-state index contributed by atoms with van der Waals surface area (Å²) >= 11 is 0.994. The third kappa shape index (κ3) is 2.63. The molecule has 4 nitrogen and oxygen atoms in total. The maximum Gasteiger partial charge on any atom is 0.348 e. The quantitative estimate of drug-likeness (QED) is 0.907. The fourth-order valence-electron chi connectivity index (χ4n) is 1.59. The van der Waals surface area contributed by atoms with Gasteiger partial charge in [-0.2, -0.15) is 0 Å². The summed E-state index contributed by atoms with van der Waals surface area (Å²) in [7, 11) is 0. The monoisotopic (exact) mass is 279 g/mol. The van der Waals surface area contributed by atoms with Crippen molar-refractivity contribution < 1.29 is 19.1 Å². The van der Waals surface area contributed by atoms with Crippen molar-refractivity contribution in [2.75, 3.05) is 5.32 Å². The van der Waals surface area contributed by atoms with Crippen LogP contribution in [-0.4, -0.2) is 17.0 Å². The van der Waals surface area contributed by atoms with Crippen LogP contribution in [0.1, 0.15) is 25.6 Å². The molecule has 2 N–H and O–H groups in total. The highest BCUT2D eigenvalue weighted by atomic mass is 32.1. The summed E-state index contributed by atoms with van der Waals surface area (Å²) in [6.07, 6.45) is 0. The molecule has 0 saturated carbocycles. The van der Waals surface area contributed by atoms with Gasteiger partial charge in [0.1, 0.15) is 10.7 Å². The van der Waals surface area contributed by atoms with Crippen LogP contribution in [0.25, 0.3) is 0 Å². The Morgan fingerprint density at radius 2 is 2.05 bits per heavy atom. The van der Waals surface area contributed by atoms with Crippen molar-refractivity contribution in [1.82, 2.24) is 0 Å². The normalized spacial score (nSPS) is 10.2. The van der Waals surface area contributed by atoms with Gasteiger partial charge in [-0.25, -0.2) is 9.18 Å². The number of aryl methyl sites for hydroxylation is 1. The molecule has 19 heavy (non-hydrogen) atoms. The van der Waals surface area contributed by atoms with E-state index in [0.29, 0.717) is 5.56 Å². The summed E-state index contributed by atoms with van der Waals surface area (Å²) in [5.74, 6) is -2.40. The van der Waals surface area contributed by atoms with Crippen molar-refractivity contribution in [1.29, 1.82) is 0 Å². The number of carboxylic acids is 1. The predicted molar refractivity (Wildman–Crippen MR) is 70.4 cm³/mol. The summed E-state index contributed by atoms with van der Waals surface area (Å²) in [4.78, 5) is 22.8. The number of nitrogens with one attached hydrogen (secondary N) is 1. The number of hydrogen-bond acceptors (Lipinski definition) is 3. The highest BCUT2D eigenvalue weighted by Gasteiger charge is 2.17. The van der Waals surface area contributed by atoms with Crippen molar-refractivity contribution in [2.45, 2.75) is 6.92 Å². The average molecular weight is 279 g/mol. The Morgan fingerprint density at radius 1 is 1.32 bits per heavy atom. The van der Waals surface area contributed by atoms with E-state index in [2.05, 4.69) is 5.32 Å². The van der Waals surface area contributed by atoms with Gasteiger partial charge in [-0.15, -0.1) is 11.3 Å². The number of carbonyl (C=O) groups is 2. The van der Waals surface area contributed by atoms with Crippen LogP contribution in [0, 0.1) is 12.7 Å². The first-order valence-electron chi connectivity index (χ1n) is 5.38. The molecule has 0 aliphatic carbocycles. The highest BCUT2D eigenvalue weighted by molar-refractivity contribution is 7.12. The summed E-state index contributed by atoms with van der Waals surface area (Å²) in [5, 5.41) is 12.9. The van der Waals surface area contributed by atoms with E-state index < -0.39 is 17.7 Å². The van der Waals surface area contributed by atoms with Gasteiger partial charge in [0.05, 0.1) is 11.3 Å². The Bertz CT molecular complexity index is 651.